The summed E-state index contributed by atoms with van der Waals surface area (Å²) in [5.74, 6) is 0. The van der Waals surface area contributed by atoms with Gasteiger partial charge in [0.05, 0.1) is 4.92 Å². The lowest BCUT2D eigenvalue weighted by atomic mass is 10.1. The summed E-state index contributed by atoms with van der Waals surface area (Å²) in [4.78, 5) is 15.0. The Morgan fingerprint density at radius 1 is 1.47 bits per heavy atom. The van der Waals surface area contributed by atoms with Gasteiger partial charge in [0, 0.05) is 38.3 Å². The maximum atomic E-state index is 10.7. The molecule has 104 valence electrons. The van der Waals surface area contributed by atoms with E-state index in [4.69, 9.17) is 5.73 Å². The number of nitrogens with zero attached hydrogens (tertiary/aromatic N) is 3. The summed E-state index contributed by atoms with van der Waals surface area (Å²) in [6.07, 6.45) is 0. The molecule has 0 aromatic heterocycles. The van der Waals surface area contributed by atoms with Crippen molar-refractivity contribution >= 4 is 11.4 Å². The highest BCUT2D eigenvalue weighted by Crippen LogP contribution is 2.23. The van der Waals surface area contributed by atoms with Gasteiger partial charge in [0.15, 0.2) is 0 Å². The Labute approximate surface area is 112 Å². The van der Waals surface area contributed by atoms with Crippen LogP contribution < -0.4 is 5.73 Å². The van der Waals surface area contributed by atoms with E-state index in [1.165, 1.54) is 6.07 Å². The molecule has 1 aromatic rings. The summed E-state index contributed by atoms with van der Waals surface area (Å²) in [6.45, 7) is 6.09. The van der Waals surface area contributed by atoms with Crippen LogP contribution in [0.1, 0.15) is 12.5 Å². The van der Waals surface area contributed by atoms with Gasteiger partial charge in [-0.3, -0.25) is 15.0 Å². The van der Waals surface area contributed by atoms with Crippen LogP contribution >= 0.6 is 0 Å². The van der Waals surface area contributed by atoms with Gasteiger partial charge < -0.3 is 10.6 Å². The van der Waals surface area contributed by atoms with Gasteiger partial charge in [-0.15, -0.1) is 0 Å². The number of likely N-dealkylation sites (N-methyl/N-ethyl adjacent to an activating group) is 1. The number of nitrogens with two attached hydrogens (primary N) is 1. The van der Waals surface area contributed by atoms with Crippen LogP contribution in [0.5, 0.6) is 0 Å². The first-order valence-electron chi connectivity index (χ1n) is 6.42. The van der Waals surface area contributed by atoms with E-state index in [2.05, 4.69) is 23.8 Å². The number of nitro benzene ring substituents is 1. The molecule has 0 amide bonds. The Hall–Kier alpha value is -1.66. The highest BCUT2D eigenvalue weighted by molar-refractivity contribution is 5.59. The molecule has 1 aliphatic rings. The Morgan fingerprint density at radius 3 is 2.79 bits per heavy atom. The molecule has 1 saturated heterocycles. The lowest BCUT2D eigenvalue weighted by molar-refractivity contribution is -0.383. The number of anilines is 1. The molecule has 2 N–H and O–H groups in total. The quantitative estimate of drug-likeness (QED) is 0.506. The van der Waals surface area contributed by atoms with Crippen molar-refractivity contribution in [3.8, 4) is 0 Å². The van der Waals surface area contributed by atoms with Crippen LogP contribution in [0.2, 0.25) is 0 Å². The summed E-state index contributed by atoms with van der Waals surface area (Å²) >= 11 is 0. The first-order valence-corrected chi connectivity index (χ1v) is 6.42. The van der Waals surface area contributed by atoms with Crippen molar-refractivity contribution in [2.45, 2.75) is 19.5 Å². The highest BCUT2D eigenvalue weighted by Gasteiger charge is 2.22. The second-order valence-corrected chi connectivity index (χ2v) is 5.23. The smallest absolute Gasteiger partial charge is 0.292 e. The van der Waals surface area contributed by atoms with Gasteiger partial charge in [-0.1, -0.05) is 6.07 Å². The molecular formula is C13H20N4O2. The lowest BCUT2D eigenvalue weighted by Gasteiger charge is -2.38. The molecule has 1 heterocycles. The molecule has 0 bridgehead atoms. The number of rotatable bonds is 3. The predicted octanol–water partition coefficient (Wildman–Crippen LogP) is 1.31. The normalized spacial score (nSPS) is 21.5. The Balaban J connectivity index is 2.07. The number of benzene rings is 1. The molecule has 2 rings (SSSR count). The van der Waals surface area contributed by atoms with Crippen LogP contribution in [-0.2, 0) is 6.54 Å². The van der Waals surface area contributed by atoms with Gasteiger partial charge in [-0.2, -0.15) is 0 Å². The average molecular weight is 264 g/mol. The van der Waals surface area contributed by atoms with E-state index in [1.807, 2.05) is 0 Å². The van der Waals surface area contributed by atoms with Gasteiger partial charge in [0.1, 0.15) is 5.69 Å². The Kier molecular flexibility index (Phi) is 4.01. The average Bonchev–Trinajstić information content (AvgIpc) is 2.32. The fourth-order valence-corrected chi connectivity index (χ4v) is 2.52. The molecule has 0 aliphatic carbocycles. The molecule has 0 spiro atoms. The Bertz CT molecular complexity index is 478. The number of nitrogen functional groups attached to an aromatic ring is 1. The lowest BCUT2D eigenvalue weighted by Crippen LogP contribution is -2.49. The van der Waals surface area contributed by atoms with Crippen molar-refractivity contribution in [3.63, 3.8) is 0 Å². The SMILES string of the molecule is CC1CN(C)CCN1Cc1ccc([N+](=O)[O-])c(N)c1. The number of piperazine rings is 1. The molecule has 6 heteroatoms. The zero-order valence-corrected chi connectivity index (χ0v) is 11.4. The molecule has 1 atom stereocenters. The molecule has 1 fully saturated rings. The van der Waals surface area contributed by atoms with E-state index in [0.29, 0.717) is 6.04 Å². The minimum Gasteiger partial charge on any atom is -0.393 e. The topological polar surface area (TPSA) is 75.6 Å². The second-order valence-electron chi connectivity index (χ2n) is 5.23. The summed E-state index contributed by atoms with van der Waals surface area (Å²) in [5.41, 5.74) is 6.96. The van der Waals surface area contributed by atoms with Gasteiger partial charge in [0.2, 0.25) is 0 Å². The third-order valence-corrected chi connectivity index (χ3v) is 3.64. The third-order valence-electron chi connectivity index (χ3n) is 3.64. The number of nitro groups is 1. The fraction of sp³-hybridized carbons (Fsp3) is 0.538. The van der Waals surface area contributed by atoms with Crippen LogP contribution in [0.25, 0.3) is 0 Å². The number of hydrogen-bond donors (Lipinski definition) is 1. The van der Waals surface area contributed by atoms with E-state index in [9.17, 15) is 10.1 Å². The molecule has 1 unspecified atom stereocenters. The first-order chi connectivity index (χ1) is 8.97. The molecule has 1 aliphatic heterocycles. The van der Waals surface area contributed by atoms with Crippen LogP contribution in [-0.4, -0.2) is 47.4 Å². The van der Waals surface area contributed by atoms with Crippen molar-refractivity contribution < 1.29 is 4.92 Å². The van der Waals surface area contributed by atoms with E-state index < -0.39 is 4.92 Å². The zero-order chi connectivity index (χ0) is 14.0. The van der Waals surface area contributed by atoms with Gasteiger partial charge in [-0.05, 0) is 25.6 Å². The molecule has 0 saturated carbocycles. The first kappa shape index (κ1) is 13.8. The fourth-order valence-electron chi connectivity index (χ4n) is 2.52. The molecule has 6 nitrogen and oxygen atoms in total. The summed E-state index contributed by atoms with van der Waals surface area (Å²) < 4.78 is 0. The standard InChI is InChI=1S/C13H20N4O2/c1-10-8-15(2)5-6-16(10)9-11-3-4-13(17(18)19)12(14)7-11/h3-4,7,10H,5-6,8-9,14H2,1-2H3. The van der Waals surface area contributed by atoms with E-state index >= 15 is 0 Å². The minimum atomic E-state index is -0.447. The van der Waals surface area contributed by atoms with E-state index in [-0.39, 0.29) is 11.4 Å². The third kappa shape index (κ3) is 3.21. The summed E-state index contributed by atoms with van der Waals surface area (Å²) in [6, 6.07) is 5.48. The van der Waals surface area contributed by atoms with Crippen LogP contribution in [0.3, 0.4) is 0 Å². The van der Waals surface area contributed by atoms with Crippen molar-refractivity contribution in [2.75, 3.05) is 32.4 Å². The maximum Gasteiger partial charge on any atom is 0.292 e. The van der Waals surface area contributed by atoms with Crippen molar-refractivity contribution in [2.24, 2.45) is 0 Å². The van der Waals surface area contributed by atoms with Crippen molar-refractivity contribution in [1.29, 1.82) is 0 Å². The van der Waals surface area contributed by atoms with E-state index in [1.54, 1.807) is 12.1 Å². The largest absolute Gasteiger partial charge is 0.393 e. The van der Waals surface area contributed by atoms with Gasteiger partial charge in [-0.25, -0.2) is 0 Å². The second kappa shape index (κ2) is 5.54. The van der Waals surface area contributed by atoms with Crippen LogP contribution in [0.4, 0.5) is 11.4 Å². The molecule has 0 radical (unpaired) electrons. The zero-order valence-electron chi connectivity index (χ0n) is 11.4. The van der Waals surface area contributed by atoms with Crippen LogP contribution in [0.15, 0.2) is 18.2 Å². The van der Waals surface area contributed by atoms with Crippen molar-refractivity contribution in [3.05, 3.63) is 33.9 Å². The molecule has 19 heavy (non-hydrogen) atoms. The Morgan fingerprint density at radius 2 is 2.21 bits per heavy atom. The van der Waals surface area contributed by atoms with Gasteiger partial charge >= 0.3 is 0 Å². The summed E-state index contributed by atoms with van der Waals surface area (Å²) in [7, 11) is 2.12. The van der Waals surface area contributed by atoms with E-state index in [0.717, 1.165) is 31.7 Å². The minimum absolute atomic E-state index is 0.0184. The van der Waals surface area contributed by atoms with Crippen molar-refractivity contribution in [1.82, 2.24) is 9.80 Å². The highest BCUT2D eigenvalue weighted by atomic mass is 16.6. The molecule has 1 aromatic carbocycles. The predicted molar refractivity (Wildman–Crippen MR) is 74.9 cm³/mol. The molecular weight excluding hydrogens is 244 g/mol. The maximum absolute atomic E-state index is 10.7. The number of hydrogen-bond acceptors (Lipinski definition) is 5. The monoisotopic (exact) mass is 264 g/mol. The van der Waals surface area contributed by atoms with Gasteiger partial charge in [0.25, 0.3) is 5.69 Å². The van der Waals surface area contributed by atoms with Crippen LogP contribution in [0, 0.1) is 10.1 Å². The summed E-state index contributed by atoms with van der Waals surface area (Å²) in [5, 5.41) is 10.7.